The molecule has 8 aromatic rings. The molecule has 0 spiro atoms. The van der Waals surface area contributed by atoms with E-state index < -0.39 is 0 Å². The SMILES string of the molecule is c1ccc(-n2c3cccc(-c4ccc(B5c6ccccc6-c6ccccc65)cc4)c3c3c4ccccc4oc32)cc1. The molecule has 0 fully saturated rings. The quantitative estimate of drug-likeness (QED) is 0.218. The van der Waals surface area contributed by atoms with Crippen molar-refractivity contribution in [2.45, 2.75) is 0 Å². The molecule has 2 aromatic heterocycles. The van der Waals surface area contributed by atoms with Gasteiger partial charge in [-0.1, -0.05) is 138 Å². The van der Waals surface area contributed by atoms with Gasteiger partial charge in [0, 0.05) is 16.5 Å². The molecule has 3 heterocycles. The number of para-hydroxylation sites is 2. The summed E-state index contributed by atoms with van der Waals surface area (Å²) in [6.07, 6.45) is 0. The first kappa shape index (κ1) is 22.5. The summed E-state index contributed by atoms with van der Waals surface area (Å²) in [5.41, 5.74) is 13.2. The highest BCUT2D eigenvalue weighted by Crippen LogP contribution is 2.43. The third kappa shape index (κ3) is 3.20. The Morgan fingerprint density at radius 1 is 0.488 bits per heavy atom. The highest BCUT2D eigenvalue weighted by Gasteiger charge is 2.32. The van der Waals surface area contributed by atoms with Crippen molar-refractivity contribution < 1.29 is 4.42 Å². The van der Waals surface area contributed by atoms with E-state index in [4.69, 9.17) is 4.42 Å². The van der Waals surface area contributed by atoms with Crippen LogP contribution in [0.4, 0.5) is 0 Å². The van der Waals surface area contributed by atoms with Crippen molar-refractivity contribution >= 4 is 56.1 Å². The van der Waals surface area contributed by atoms with Gasteiger partial charge in [0.25, 0.3) is 0 Å². The molecule has 0 atom stereocenters. The van der Waals surface area contributed by atoms with Gasteiger partial charge in [0.15, 0.2) is 0 Å². The average molecular weight is 521 g/mol. The molecule has 0 aliphatic carbocycles. The van der Waals surface area contributed by atoms with E-state index in [9.17, 15) is 0 Å². The van der Waals surface area contributed by atoms with Gasteiger partial charge in [-0.15, -0.1) is 0 Å². The Morgan fingerprint density at radius 2 is 1.12 bits per heavy atom. The van der Waals surface area contributed by atoms with Crippen molar-refractivity contribution in [3.63, 3.8) is 0 Å². The van der Waals surface area contributed by atoms with Crippen LogP contribution in [0.3, 0.4) is 0 Å². The number of aromatic nitrogens is 1. The zero-order chi connectivity index (χ0) is 26.9. The molecular weight excluding hydrogens is 497 g/mol. The maximum atomic E-state index is 6.53. The Labute approximate surface area is 238 Å². The minimum Gasteiger partial charge on any atom is -0.439 e. The van der Waals surface area contributed by atoms with Gasteiger partial charge in [-0.3, -0.25) is 4.57 Å². The monoisotopic (exact) mass is 521 g/mol. The topological polar surface area (TPSA) is 18.1 Å². The second-order valence-electron chi connectivity index (χ2n) is 10.9. The van der Waals surface area contributed by atoms with E-state index in [1.807, 2.05) is 6.07 Å². The third-order valence-electron chi connectivity index (χ3n) is 8.72. The summed E-state index contributed by atoms with van der Waals surface area (Å²) in [7, 11) is 0. The first-order valence-electron chi connectivity index (χ1n) is 14.2. The lowest BCUT2D eigenvalue weighted by atomic mass is 9.39. The van der Waals surface area contributed by atoms with Crippen LogP contribution in [0.1, 0.15) is 0 Å². The van der Waals surface area contributed by atoms with Gasteiger partial charge in [0.05, 0.1) is 10.9 Å². The van der Waals surface area contributed by atoms with E-state index in [1.54, 1.807) is 0 Å². The molecule has 1 aliphatic rings. The molecule has 3 heteroatoms. The molecule has 0 N–H and O–H groups in total. The van der Waals surface area contributed by atoms with Crippen molar-refractivity contribution in [1.29, 1.82) is 0 Å². The third-order valence-corrected chi connectivity index (χ3v) is 8.72. The normalized spacial score (nSPS) is 12.3. The van der Waals surface area contributed by atoms with Crippen LogP contribution in [0.25, 0.3) is 60.9 Å². The molecule has 0 saturated heterocycles. The Morgan fingerprint density at radius 3 is 1.88 bits per heavy atom. The van der Waals surface area contributed by atoms with Gasteiger partial charge in [-0.2, -0.15) is 0 Å². The molecule has 41 heavy (non-hydrogen) atoms. The summed E-state index contributed by atoms with van der Waals surface area (Å²) in [5, 5.41) is 3.53. The summed E-state index contributed by atoms with van der Waals surface area (Å²) in [6, 6.07) is 52.4. The van der Waals surface area contributed by atoms with Crippen LogP contribution >= 0.6 is 0 Å². The van der Waals surface area contributed by atoms with Gasteiger partial charge in [0.1, 0.15) is 5.58 Å². The smallest absolute Gasteiger partial charge is 0.242 e. The Hall–Kier alpha value is -5.28. The number of hydrogen-bond acceptors (Lipinski definition) is 1. The summed E-state index contributed by atoms with van der Waals surface area (Å²) in [5.74, 6) is 0. The molecule has 0 unspecified atom stereocenters. The second kappa shape index (κ2) is 8.61. The standard InChI is InChI=1S/C38H24BNO/c1-2-11-27(12-3-1)40-34-19-10-16-28(36(34)37-31-15-6-9-20-35(31)41-38(37)40)25-21-23-26(24-22-25)39-32-17-7-4-13-29(32)30-14-5-8-18-33(30)39/h1-24H. The van der Waals surface area contributed by atoms with Crippen LogP contribution in [0.15, 0.2) is 150 Å². The molecule has 0 bridgehead atoms. The molecule has 6 aromatic carbocycles. The number of furan rings is 1. The first-order valence-corrected chi connectivity index (χ1v) is 14.2. The molecular formula is C38H24BNO. The van der Waals surface area contributed by atoms with E-state index in [-0.39, 0.29) is 6.71 Å². The molecule has 0 radical (unpaired) electrons. The lowest BCUT2D eigenvalue weighted by Gasteiger charge is -2.12. The van der Waals surface area contributed by atoms with E-state index in [2.05, 4.69) is 144 Å². The maximum Gasteiger partial charge on any atom is 0.242 e. The average Bonchev–Trinajstić information content (AvgIpc) is 3.68. The zero-order valence-corrected chi connectivity index (χ0v) is 22.3. The summed E-state index contributed by atoms with van der Waals surface area (Å²) in [6.45, 7) is 0.246. The minimum absolute atomic E-state index is 0.246. The number of rotatable bonds is 3. The van der Waals surface area contributed by atoms with Crippen molar-refractivity contribution in [2.75, 3.05) is 0 Å². The van der Waals surface area contributed by atoms with E-state index in [0.717, 1.165) is 33.3 Å². The van der Waals surface area contributed by atoms with Crippen molar-refractivity contribution in [1.82, 2.24) is 4.57 Å². The maximum absolute atomic E-state index is 6.53. The van der Waals surface area contributed by atoms with Crippen molar-refractivity contribution in [3.05, 3.63) is 146 Å². The van der Waals surface area contributed by atoms with Gasteiger partial charge >= 0.3 is 0 Å². The second-order valence-corrected chi connectivity index (χ2v) is 10.9. The fourth-order valence-corrected chi connectivity index (χ4v) is 6.97. The molecule has 2 nitrogen and oxygen atoms in total. The van der Waals surface area contributed by atoms with E-state index in [1.165, 1.54) is 44.0 Å². The van der Waals surface area contributed by atoms with Crippen LogP contribution in [0.2, 0.25) is 0 Å². The Kier molecular flexibility index (Phi) is 4.73. The number of nitrogens with zero attached hydrogens (tertiary/aromatic N) is 1. The predicted molar refractivity (Wildman–Crippen MR) is 173 cm³/mol. The van der Waals surface area contributed by atoms with Crippen LogP contribution in [0, 0.1) is 0 Å². The fourth-order valence-electron chi connectivity index (χ4n) is 6.97. The van der Waals surface area contributed by atoms with Crippen LogP contribution < -0.4 is 16.4 Å². The summed E-state index contributed by atoms with van der Waals surface area (Å²) in [4.78, 5) is 0. The largest absolute Gasteiger partial charge is 0.439 e. The number of fused-ring (bicyclic) bond motifs is 8. The van der Waals surface area contributed by atoms with Crippen molar-refractivity contribution in [2.24, 2.45) is 0 Å². The van der Waals surface area contributed by atoms with Crippen LogP contribution in [-0.2, 0) is 0 Å². The molecule has 1 aliphatic heterocycles. The first-order chi connectivity index (χ1) is 20.4. The van der Waals surface area contributed by atoms with Crippen molar-refractivity contribution in [3.8, 4) is 27.9 Å². The predicted octanol–water partition coefficient (Wildman–Crippen LogP) is 7.69. The Balaban J connectivity index is 1.26. The van der Waals surface area contributed by atoms with E-state index in [0.29, 0.717) is 0 Å². The van der Waals surface area contributed by atoms with Gasteiger partial charge in [-0.05, 0) is 46.5 Å². The highest BCUT2D eigenvalue weighted by atomic mass is 16.3. The molecule has 190 valence electrons. The fraction of sp³-hybridized carbons (Fsp3) is 0. The zero-order valence-electron chi connectivity index (χ0n) is 22.3. The van der Waals surface area contributed by atoms with Crippen LogP contribution in [-0.4, -0.2) is 11.3 Å². The lowest BCUT2D eigenvalue weighted by Crippen LogP contribution is -2.48. The molecule has 9 rings (SSSR count). The molecule has 0 amide bonds. The highest BCUT2D eigenvalue weighted by molar-refractivity contribution is 6.99. The number of hydrogen-bond donors (Lipinski definition) is 0. The van der Waals surface area contributed by atoms with Gasteiger partial charge < -0.3 is 4.42 Å². The Bertz CT molecular complexity index is 2210. The van der Waals surface area contributed by atoms with Crippen LogP contribution in [0.5, 0.6) is 0 Å². The minimum atomic E-state index is 0.246. The number of benzene rings is 6. The van der Waals surface area contributed by atoms with Gasteiger partial charge in [0.2, 0.25) is 12.4 Å². The summed E-state index contributed by atoms with van der Waals surface area (Å²) < 4.78 is 8.79. The molecule has 0 saturated carbocycles. The summed E-state index contributed by atoms with van der Waals surface area (Å²) >= 11 is 0. The lowest BCUT2D eigenvalue weighted by molar-refractivity contribution is 0.645. The van der Waals surface area contributed by atoms with Gasteiger partial charge in [-0.25, -0.2) is 0 Å². The van der Waals surface area contributed by atoms with E-state index >= 15 is 0 Å².